The van der Waals surface area contributed by atoms with Gasteiger partial charge in [0.1, 0.15) is 0 Å². The van der Waals surface area contributed by atoms with Gasteiger partial charge >= 0.3 is 0 Å². The Labute approximate surface area is 81.0 Å². The zero-order valence-electron chi connectivity index (χ0n) is 8.59. The molecule has 0 aromatic rings. The van der Waals surface area contributed by atoms with E-state index in [1.807, 2.05) is 0 Å². The van der Waals surface area contributed by atoms with E-state index in [1.165, 1.54) is 38.6 Å². The normalized spacial score (nSPS) is 35.8. The molecular formula is C11H21NO. The predicted octanol–water partition coefficient (Wildman–Crippen LogP) is 1.94. The second kappa shape index (κ2) is 4.43. The van der Waals surface area contributed by atoms with Crippen molar-refractivity contribution < 1.29 is 4.74 Å². The van der Waals surface area contributed by atoms with E-state index in [1.54, 1.807) is 0 Å². The average molecular weight is 183 g/mol. The third kappa shape index (κ3) is 2.44. The standard InChI is InChI=1S/C11H21NO/c1-9-10(6-7-13-9)8-12-11-4-2-3-5-11/h9-12H,2-8H2,1H3. The molecule has 1 saturated heterocycles. The Morgan fingerprint density at radius 3 is 2.62 bits per heavy atom. The SMILES string of the molecule is CC1OCCC1CNC1CCCC1. The van der Waals surface area contributed by atoms with Crippen molar-refractivity contribution in [3.8, 4) is 0 Å². The van der Waals surface area contributed by atoms with Gasteiger partial charge in [0.15, 0.2) is 0 Å². The third-order valence-electron chi connectivity index (χ3n) is 3.56. The van der Waals surface area contributed by atoms with E-state index in [4.69, 9.17) is 4.74 Å². The lowest BCUT2D eigenvalue weighted by Crippen LogP contribution is -2.33. The first kappa shape index (κ1) is 9.47. The van der Waals surface area contributed by atoms with Gasteiger partial charge in [0.25, 0.3) is 0 Å². The van der Waals surface area contributed by atoms with Crippen LogP contribution in [-0.2, 0) is 4.74 Å². The highest BCUT2D eigenvalue weighted by molar-refractivity contribution is 4.79. The molecule has 2 nitrogen and oxygen atoms in total. The van der Waals surface area contributed by atoms with E-state index >= 15 is 0 Å². The van der Waals surface area contributed by atoms with Crippen molar-refractivity contribution >= 4 is 0 Å². The van der Waals surface area contributed by atoms with Crippen molar-refractivity contribution in [1.29, 1.82) is 0 Å². The first-order valence-corrected chi connectivity index (χ1v) is 5.71. The van der Waals surface area contributed by atoms with E-state index in [2.05, 4.69) is 12.2 Å². The van der Waals surface area contributed by atoms with Crippen LogP contribution < -0.4 is 5.32 Å². The summed E-state index contributed by atoms with van der Waals surface area (Å²) in [6, 6.07) is 0.813. The second-order valence-corrected chi connectivity index (χ2v) is 4.51. The average Bonchev–Trinajstić information content (AvgIpc) is 2.72. The summed E-state index contributed by atoms with van der Waals surface area (Å²) >= 11 is 0. The minimum absolute atomic E-state index is 0.480. The van der Waals surface area contributed by atoms with Crippen molar-refractivity contribution in [1.82, 2.24) is 5.32 Å². The molecule has 0 spiro atoms. The molecule has 2 heteroatoms. The highest BCUT2D eigenvalue weighted by Gasteiger charge is 2.25. The van der Waals surface area contributed by atoms with E-state index in [0.717, 1.165) is 18.6 Å². The number of hydrogen-bond donors (Lipinski definition) is 1. The van der Waals surface area contributed by atoms with Gasteiger partial charge in [0.2, 0.25) is 0 Å². The van der Waals surface area contributed by atoms with Crippen LogP contribution in [0, 0.1) is 5.92 Å². The Morgan fingerprint density at radius 1 is 1.23 bits per heavy atom. The van der Waals surface area contributed by atoms with Crippen LogP contribution in [0.5, 0.6) is 0 Å². The van der Waals surface area contributed by atoms with Crippen molar-refractivity contribution in [2.24, 2.45) is 5.92 Å². The van der Waals surface area contributed by atoms with Gasteiger partial charge in [-0.15, -0.1) is 0 Å². The van der Waals surface area contributed by atoms with E-state index in [0.29, 0.717) is 6.10 Å². The molecule has 0 radical (unpaired) electrons. The fourth-order valence-corrected chi connectivity index (χ4v) is 2.49. The summed E-state index contributed by atoms with van der Waals surface area (Å²) < 4.78 is 5.54. The number of rotatable bonds is 3. The molecular weight excluding hydrogens is 162 g/mol. The predicted molar refractivity (Wildman–Crippen MR) is 53.8 cm³/mol. The highest BCUT2D eigenvalue weighted by Crippen LogP contribution is 2.22. The molecule has 13 heavy (non-hydrogen) atoms. The first-order valence-electron chi connectivity index (χ1n) is 5.71. The van der Waals surface area contributed by atoms with Gasteiger partial charge in [-0.3, -0.25) is 0 Å². The van der Waals surface area contributed by atoms with Crippen molar-refractivity contribution in [2.75, 3.05) is 13.2 Å². The van der Waals surface area contributed by atoms with Gasteiger partial charge in [-0.1, -0.05) is 12.8 Å². The van der Waals surface area contributed by atoms with E-state index in [-0.39, 0.29) is 0 Å². The maximum atomic E-state index is 5.54. The Kier molecular flexibility index (Phi) is 3.23. The maximum absolute atomic E-state index is 5.54. The molecule has 2 rings (SSSR count). The molecule has 0 bridgehead atoms. The van der Waals surface area contributed by atoms with E-state index in [9.17, 15) is 0 Å². The summed E-state index contributed by atoms with van der Waals surface area (Å²) in [6.07, 6.45) is 7.36. The molecule has 2 atom stereocenters. The second-order valence-electron chi connectivity index (χ2n) is 4.51. The zero-order chi connectivity index (χ0) is 9.10. The summed E-state index contributed by atoms with van der Waals surface area (Å²) in [4.78, 5) is 0. The van der Waals surface area contributed by atoms with Crippen LogP contribution >= 0.6 is 0 Å². The Balaban J connectivity index is 1.66. The van der Waals surface area contributed by atoms with Gasteiger partial charge < -0.3 is 10.1 Å². The van der Waals surface area contributed by atoms with Crippen molar-refractivity contribution in [3.63, 3.8) is 0 Å². The molecule has 1 heterocycles. The lowest BCUT2D eigenvalue weighted by molar-refractivity contribution is 0.105. The molecule has 2 fully saturated rings. The Morgan fingerprint density at radius 2 is 2.00 bits per heavy atom. The minimum atomic E-state index is 0.480. The molecule has 0 aromatic carbocycles. The molecule has 1 N–H and O–H groups in total. The summed E-state index contributed by atoms with van der Waals surface area (Å²) in [5.41, 5.74) is 0. The van der Waals surface area contributed by atoms with Crippen LogP contribution in [0.2, 0.25) is 0 Å². The first-order chi connectivity index (χ1) is 6.36. The molecule has 2 unspecified atom stereocenters. The molecule has 0 aromatic heterocycles. The van der Waals surface area contributed by atoms with Crippen LogP contribution in [0.25, 0.3) is 0 Å². The van der Waals surface area contributed by atoms with Gasteiger partial charge in [-0.25, -0.2) is 0 Å². The molecule has 1 aliphatic carbocycles. The molecule has 1 saturated carbocycles. The lowest BCUT2D eigenvalue weighted by atomic mass is 10.0. The fraction of sp³-hybridized carbons (Fsp3) is 1.00. The van der Waals surface area contributed by atoms with Crippen molar-refractivity contribution in [3.05, 3.63) is 0 Å². The number of nitrogens with one attached hydrogen (secondary N) is 1. The quantitative estimate of drug-likeness (QED) is 0.722. The van der Waals surface area contributed by atoms with Crippen LogP contribution in [0.15, 0.2) is 0 Å². The molecule has 0 amide bonds. The zero-order valence-corrected chi connectivity index (χ0v) is 8.59. The third-order valence-corrected chi connectivity index (χ3v) is 3.56. The monoisotopic (exact) mass is 183 g/mol. The van der Waals surface area contributed by atoms with Crippen LogP contribution in [-0.4, -0.2) is 25.3 Å². The topological polar surface area (TPSA) is 21.3 Å². The summed E-state index contributed by atoms with van der Waals surface area (Å²) in [5.74, 6) is 0.764. The van der Waals surface area contributed by atoms with Gasteiger partial charge in [-0.05, 0) is 32.1 Å². The smallest absolute Gasteiger partial charge is 0.0588 e. The van der Waals surface area contributed by atoms with E-state index < -0.39 is 0 Å². The summed E-state index contributed by atoms with van der Waals surface area (Å²) in [5, 5.41) is 3.67. The van der Waals surface area contributed by atoms with Crippen molar-refractivity contribution in [2.45, 2.75) is 51.2 Å². The number of hydrogen-bond acceptors (Lipinski definition) is 2. The fourth-order valence-electron chi connectivity index (χ4n) is 2.49. The van der Waals surface area contributed by atoms with Crippen LogP contribution in [0.1, 0.15) is 39.0 Å². The van der Waals surface area contributed by atoms with Crippen LogP contribution in [0.3, 0.4) is 0 Å². The highest BCUT2D eigenvalue weighted by atomic mass is 16.5. The van der Waals surface area contributed by atoms with Crippen LogP contribution in [0.4, 0.5) is 0 Å². The largest absolute Gasteiger partial charge is 0.378 e. The van der Waals surface area contributed by atoms with Gasteiger partial charge in [0, 0.05) is 19.2 Å². The number of ether oxygens (including phenoxy) is 1. The van der Waals surface area contributed by atoms with Gasteiger partial charge in [0.05, 0.1) is 6.10 Å². The molecule has 76 valence electrons. The Bertz CT molecular complexity index is 154. The lowest BCUT2D eigenvalue weighted by Gasteiger charge is -2.18. The maximum Gasteiger partial charge on any atom is 0.0588 e. The molecule has 1 aliphatic heterocycles. The minimum Gasteiger partial charge on any atom is -0.378 e. The Hall–Kier alpha value is -0.0800. The molecule has 2 aliphatic rings. The summed E-state index contributed by atoms with van der Waals surface area (Å²) in [7, 11) is 0. The van der Waals surface area contributed by atoms with Gasteiger partial charge in [-0.2, -0.15) is 0 Å². The summed E-state index contributed by atoms with van der Waals surface area (Å²) in [6.45, 7) is 4.35.